The number of alkyl halides is 2. The first kappa shape index (κ1) is 14.2. The summed E-state index contributed by atoms with van der Waals surface area (Å²) in [7, 11) is 0. The Morgan fingerprint density at radius 2 is 2.42 bits per heavy atom. The van der Waals surface area contributed by atoms with E-state index in [1.807, 2.05) is 6.92 Å². The topological polar surface area (TPSA) is 55.6 Å². The predicted octanol–water partition coefficient (Wildman–Crippen LogP) is 2.16. The average Bonchev–Trinajstić information content (AvgIpc) is 2.95. The van der Waals surface area contributed by atoms with Crippen LogP contribution in [0.2, 0.25) is 0 Å². The van der Waals surface area contributed by atoms with Gasteiger partial charge in [0.25, 0.3) is 5.91 Å². The Hall–Kier alpha value is -1.21. The van der Waals surface area contributed by atoms with Gasteiger partial charge in [0, 0.05) is 13.1 Å². The van der Waals surface area contributed by atoms with Crippen molar-refractivity contribution in [2.24, 2.45) is 11.1 Å². The molecule has 2 N–H and O–H groups in total. The van der Waals surface area contributed by atoms with E-state index in [2.05, 4.69) is 4.74 Å². The van der Waals surface area contributed by atoms with Gasteiger partial charge < -0.3 is 15.4 Å². The van der Waals surface area contributed by atoms with Crippen LogP contribution in [0.5, 0.6) is 5.75 Å². The van der Waals surface area contributed by atoms with Gasteiger partial charge in [-0.1, -0.05) is 6.92 Å². The molecule has 0 aliphatic carbocycles. The normalized spacial score (nSPS) is 23.1. The molecule has 1 aliphatic heterocycles. The lowest BCUT2D eigenvalue weighted by Gasteiger charge is -2.22. The highest BCUT2D eigenvalue weighted by atomic mass is 32.1. The highest BCUT2D eigenvalue weighted by Crippen LogP contribution is 2.33. The van der Waals surface area contributed by atoms with Gasteiger partial charge in [-0.25, -0.2) is 0 Å². The van der Waals surface area contributed by atoms with Crippen molar-refractivity contribution in [2.45, 2.75) is 20.0 Å². The molecule has 2 rings (SSSR count). The summed E-state index contributed by atoms with van der Waals surface area (Å²) in [6.45, 7) is 0.744. The number of amides is 1. The van der Waals surface area contributed by atoms with Crippen LogP contribution in [-0.2, 0) is 0 Å². The molecule has 1 aromatic rings. The van der Waals surface area contributed by atoms with Crippen molar-refractivity contribution in [3.8, 4) is 5.75 Å². The molecule has 0 bridgehead atoms. The Balaban J connectivity index is 2.11. The summed E-state index contributed by atoms with van der Waals surface area (Å²) in [5.74, 6) is -0.311. The Kier molecular flexibility index (Phi) is 4.05. The molecular formula is C12H16F2N2O2S. The molecule has 0 aromatic carbocycles. The summed E-state index contributed by atoms with van der Waals surface area (Å²) in [6, 6.07) is 1.39. The van der Waals surface area contributed by atoms with E-state index in [0.717, 1.165) is 17.8 Å². The van der Waals surface area contributed by atoms with Crippen LogP contribution >= 0.6 is 11.3 Å². The summed E-state index contributed by atoms with van der Waals surface area (Å²) in [4.78, 5) is 14.2. The lowest BCUT2D eigenvalue weighted by Crippen LogP contribution is -2.34. The predicted molar refractivity (Wildman–Crippen MR) is 68.6 cm³/mol. The van der Waals surface area contributed by atoms with Crippen LogP contribution < -0.4 is 10.5 Å². The highest BCUT2D eigenvalue weighted by molar-refractivity contribution is 7.12. The van der Waals surface area contributed by atoms with E-state index in [-0.39, 0.29) is 21.9 Å². The SMILES string of the molecule is CC1(CN)CCN(C(=O)c2sccc2OC(F)F)C1. The zero-order valence-electron chi connectivity index (χ0n) is 10.6. The van der Waals surface area contributed by atoms with E-state index in [0.29, 0.717) is 19.6 Å². The molecule has 1 amide bonds. The van der Waals surface area contributed by atoms with Gasteiger partial charge in [-0.05, 0) is 29.8 Å². The van der Waals surface area contributed by atoms with Gasteiger partial charge >= 0.3 is 6.61 Å². The fraction of sp³-hybridized carbons (Fsp3) is 0.583. The second-order valence-corrected chi connectivity index (χ2v) is 5.90. The fourth-order valence-electron chi connectivity index (χ4n) is 2.15. The molecular weight excluding hydrogens is 274 g/mol. The molecule has 0 spiro atoms. The largest absolute Gasteiger partial charge is 0.433 e. The third-order valence-electron chi connectivity index (χ3n) is 3.38. The number of hydrogen-bond acceptors (Lipinski definition) is 4. The summed E-state index contributed by atoms with van der Waals surface area (Å²) >= 11 is 1.11. The van der Waals surface area contributed by atoms with Gasteiger partial charge in [0.15, 0.2) is 0 Å². The molecule has 19 heavy (non-hydrogen) atoms. The first-order valence-electron chi connectivity index (χ1n) is 5.97. The standard InChI is InChI=1S/C12H16F2N2O2S/c1-12(6-15)3-4-16(7-12)10(17)9-8(2-5-19-9)18-11(13)14/h2,5,11H,3-4,6-7,15H2,1H3. The maximum atomic E-state index is 12.3. The zero-order valence-corrected chi connectivity index (χ0v) is 11.4. The third kappa shape index (κ3) is 3.03. The highest BCUT2D eigenvalue weighted by Gasteiger charge is 2.36. The lowest BCUT2D eigenvalue weighted by molar-refractivity contribution is -0.0499. The molecule has 1 saturated heterocycles. The lowest BCUT2D eigenvalue weighted by atomic mass is 9.90. The molecule has 106 valence electrons. The number of carbonyl (C=O) groups is 1. The first-order valence-corrected chi connectivity index (χ1v) is 6.85. The maximum absolute atomic E-state index is 12.3. The van der Waals surface area contributed by atoms with E-state index >= 15 is 0 Å². The molecule has 4 nitrogen and oxygen atoms in total. The van der Waals surface area contributed by atoms with Crippen molar-refractivity contribution >= 4 is 17.2 Å². The number of nitrogens with two attached hydrogens (primary N) is 1. The number of thiophene rings is 1. The summed E-state index contributed by atoms with van der Waals surface area (Å²) < 4.78 is 28.8. The van der Waals surface area contributed by atoms with Crippen molar-refractivity contribution < 1.29 is 18.3 Å². The Bertz CT molecular complexity index is 466. The summed E-state index contributed by atoms with van der Waals surface area (Å²) in [5.41, 5.74) is 5.60. The van der Waals surface area contributed by atoms with Crippen molar-refractivity contribution in [3.63, 3.8) is 0 Å². The van der Waals surface area contributed by atoms with Crippen molar-refractivity contribution in [3.05, 3.63) is 16.3 Å². The quantitative estimate of drug-likeness (QED) is 0.924. The zero-order chi connectivity index (χ0) is 14.0. The minimum atomic E-state index is -2.92. The van der Waals surface area contributed by atoms with E-state index in [1.54, 1.807) is 10.3 Å². The molecule has 1 unspecified atom stereocenters. The number of hydrogen-bond donors (Lipinski definition) is 1. The van der Waals surface area contributed by atoms with Crippen LogP contribution in [0.15, 0.2) is 11.4 Å². The summed E-state index contributed by atoms with van der Waals surface area (Å²) in [6.07, 6.45) is 0.825. The molecule has 7 heteroatoms. The summed E-state index contributed by atoms with van der Waals surface area (Å²) in [5, 5.41) is 1.57. The number of halogens is 2. The van der Waals surface area contributed by atoms with Crippen LogP contribution in [0.25, 0.3) is 0 Å². The minimum Gasteiger partial charge on any atom is -0.433 e. The van der Waals surface area contributed by atoms with Crippen molar-refractivity contribution in [1.82, 2.24) is 4.90 Å². The average molecular weight is 290 g/mol. The van der Waals surface area contributed by atoms with Crippen LogP contribution in [-0.4, -0.2) is 37.1 Å². The van der Waals surface area contributed by atoms with Gasteiger partial charge in [-0.3, -0.25) is 4.79 Å². The monoisotopic (exact) mass is 290 g/mol. The van der Waals surface area contributed by atoms with Crippen LogP contribution in [0.3, 0.4) is 0 Å². The Labute approximate surface area is 114 Å². The third-order valence-corrected chi connectivity index (χ3v) is 4.26. The van der Waals surface area contributed by atoms with E-state index in [4.69, 9.17) is 5.73 Å². The van der Waals surface area contributed by atoms with Gasteiger partial charge in [0.1, 0.15) is 10.6 Å². The molecule has 1 aliphatic rings. The van der Waals surface area contributed by atoms with Crippen molar-refractivity contribution in [1.29, 1.82) is 0 Å². The second kappa shape index (κ2) is 5.42. The van der Waals surface area contributed by atoms with Gasteiger partial charge in [-0.2, -0.15) is 8.78 Å². The van der Waals surface area contributed by atoms with Crippen LogP contribution in [0.1, 0.15) is 23.0 Å². The van der Waals surface area contributed by atoms with Gasteiger partial charge in [-0.15, -0.1) is 11.3 Å². The minimum absolute atomic E-state index is 0.0497. The van der Waals surface area contributed by atoms with E-state index < -0.39 is 6.61 Å². The molecule has 1 atom stereocenters. The smallest absolute Gasteiger partial charge is 0.387 e. The maximum Gasteiger partial charge on any atom is 0.387 e. The molecule has 1 fully saturated rings. The van der Waals surface area contributed by atoms with E-state index in [1.165, 1.54) is 6.07 Å². The van der Waals surface area contributed by atoms with Crippen LogP contribution in [0.4, 0.5) is 8.78 Å². The number of nitrogens with zero attached hydrogens (tertiary/aromatic N) is 1. The van der Waals surface area contributed by atoms with Crippen molar-refractivity contribution in [2.75, 3.05) is 19.6 Å². The van der Waals surface area contributed by atoms with E-state index in [9.17, 15) is 13.6 Å². The number of ether oxygens (including phenoxy) is 1. The van der Waals surface area contributed by atoms with Gasteiger partial charge in [0.05, 0.1) is 0 Å². The second-order valence-electron chi connectivity index (χ2n) is 4.98. The number of rotatable bonds is 4. The molecule has 0 radical (unpaired) electrons. The Morgan fingerprint density at radius 1 is 1.68 bits per heavy atom. The Morgan fingerprint density at radius 3 is 3.00 bits per heavy atom. The molecule has 1 aromatic heterocycles. The van der Waals surface area contributed by atoms with Gasteiger partial charge in [0.2, 0.25) is 0 Å². The number of likely N-dealkylation sites (tertiary alicyclic amines) is 1. The molecule has 0 saturated carbocycles. The molecule has 2 heterocycles. The number of carbonyl (C=O) groups excluding carboxylic acids is 1. The first-order chi connectivity index (χ1) is 8.95. The van der Waals surface area contributed by atoms with Crippen LogP contribution in [0, 0.1) is 5.41 Å². The fourth-order valence-corrected chi connectivity index (χ4v) is 2.94.